The topological polar surface area (TPSA) is 0 Å². The van der Waals surface area contributed by atoms with Crippen molar-refractivity contribution in [2.24, 2.45) is 22.7 Å². The van der Waals surface area contributed by atoms with E-state index in [2.05, 4.69) is 187 Å². The highest BCUT2D eigenvalue weighted by Crippen LogP contribution is 2.79. The normalized spacial score (nSPS) is 20.3. The average molecular weight is 1090 g/mol. The zero-order valence-corrected chi connectivity index (χ0v) is 49.5. The zero-order valence-electron chi connectivity index (χ0n) is 46.2. The van der Waals surface area contributed by atoms with Crippen LogP contribution in [0.5, 0.6) is 0 Å². The van der Waals surface area contributed by atoms with E-state index in [9.17, 15) is 0 Å². The zero-order chi connectivity index (χ0) is 52.8. The molecule has 4 aromatic heterocycles. The SMILES string of the molecule is CCC(CC)C12CCCC(C(CC)CC)(CCC1)C21c2cc(C)ccc2-c2ccc(-c3cc4sc(-c5ccc6c7ccc8c9ccc(-c%10cc%11sc(C)cc%11s%10)c%10cccc(c%11ccc(c%12cccc5c%126)c7c%118)c%109)cc4s3)cc21. The van der Waals surface area contributed by atoms with Gasteiger partial charge in [-0.3, -0.25) is 0 Å². The van der Waals surface area contributed by atoms with Crippen LogP contribution >= 0.6 is 45.3 Å². The van der Waals surface area contributed by atoms with Gasteiger partial charge in [0.15, 0.2) is 0 Å². The first kappa shape index (κ1) is 47.6. The van der Waals surface area contributed by atoms with Crippen molar-refractivity contribution >= 4 is 140 Å². The lowest BCUT2D eigenvalue weighted by Crippen LogP contribution is -2.66. The van der Waals surface area contributed by atoms with Crippen molar-refractivity contribution in [2.75, 3.05) is 0 Å². The first-order valence-electron chi connectivity index (χ1n) is 29.8. The maximum Gasteiger partial charge on any atom is 0.0463 e. The van der Waals surface area contributed by atoms with Gasteiger partial charge < -0.3 is 0 Å². The second-order valence-electron chi connectivity index (χ2n) is 24.6. The number of benzene rings is 10. The van der Waals surface area contributed by atoms with Gasteiger partial charge in [0.1, 0.15) is 0 Å². The van der Waals surface area contributed by atoms with Crippen LogP contribution in [0, 0.1) is 36.5 Å². The highest BCUT2D eigenvalue weighted by atomic mass is 32.1. The van der Waals surface area contributed by atoms with Gasteiger partial charge in [-0.15, -0.1) is 45.3 Å². The molecule has 0 aliphatic heterocycles. The number of fused-ring (bicyclic) bond motifs is 9. The van der Waals surface area contributed by atoms with Crippen molar-refractivity contribution in [3.8, 4) is 42.4 Å². The molecule has 14 aromatic rings. The molecule has 2 fully saturated rings. The molecule has 0 atom stereocenters. The Labute approximate surface area is 479 Å². The Hall–Kier alpha value is -6.14. The van der Waals surface area contributed by atoms with Gasteiger partial charge >= 0.3 is 0 Å². The van der Waals surface area contributed by atoms with Crippen LogP contribution in [-0.4, -0.2) is 0 Å². The maximum absolute atomic E-state index is 2.77. The summed E-state index contributed by atoms with van der Waals surface area (Å²) in [6.07, 6.45) is 13.3. The van der Waals surface area contributed by atoms with Crippen molar-refractivity contribution in [3.05, 3.63) is 167 Å². The van der Waals surface area contributed by atoms with Gasteiger partial charge in [-0.2, -0.15) is 0 Å². The number of rotatable bonds is 9. The molecule has 0 unspecified atom stereocenters. The third-order valence-electron chi connectivity index (χ3n) is 21.6. The Kier molecular flexibility index (Phi) is 10.2. The summed E-state index contributed by atoms with van der Waals surface area (Å²) in [5.74, 6) is 1.41. The third kappa shape index (κ3) is 6.00. The van der Waals surface area contributed by atoms with E-state index < -0.39 is 0 Å². The second-order valence-corrected chi connectivity index (χ2v) is 29.1. The molecule has 0 nitrogen and oxygen atoms in total. The fraction of sp³-hybridized carbons (Fsp3) is 0.280. The van der Waals surface area contributed by atoms with Gasteiger partial charge in [-0.05, 0) is 207 Å². The summed E-state index contributed by atoms with van der Waals surface area (Å²) in [7, 11) is 0. The molecule has 1 spiro atoms. The van der Waals surface area contributed by atoms with Crippen molar-refractivity contribution in [1.82, 2.24) is 0 Å². The quantitative estimate of drug-likeness (QED) is 0.0998. The minimum Gasteiger partial charge on any atom is -0.140 e. The molecule has 0 radical (unpaired) electrons. The summed E-state index contributed by atoms with van der Waals surface area (Å²) in [5, 5.41) is 19.1. The van der Waals surface area contributed by atoms with Crippen LogP contribution in [0.25, 0.3) is 137 Å². The van der Waals surface area contributed by atoms with Gasteiger partial charge in [0.25, 0.3) is 0 Å². The van der Waals surface area contributed by atoms with Gasteiger partial charge in [0.2, 0.25) is 0 Å². The molecule has 2 bridgehead atoms. The van der Waals surface area contributed by atoms with Gasteiger partial charge in [-0.1, -0.05) is 187 Å². The van der Waals surface area contributed by atoms with Gasteiger partial charge in [0, 0.05) is 43.7 Å². The molecule has 3 aliphatic carbocycles. The molecule has 0 amide bonds. The van der Waals surface area contributed by atoms with Crippen LogP contribution in [0.15, 0.2) is 146 Å². The lowest BCUT2D eigenvalue weighted by molar-refractivity contribution is -0.148. The summed E-state index contributed by atoms with van der Waals surface area (Å²) in [6.45, 7) is 14.7. The van der Waals surface area contributed by atoms with Crippen LogP contribution in [-0.2, 0) is 5.41 Å². The lowest BCUT2D eigenvalue weighted by Gasteiger charge is -2.71. The number of hydrogen-bond acceptors (Lipinski definition) is 4. The van der Waals surface area contributed by atoms with Crippen molar-refractivity contribution in [2.45, 2.75) is 111 Å². The monoisotopic (exact) mass is 1090 g/mol. The van der Waals surface area contributed by atoms with Gasteiger partial charge in [-0.25, -0.2) is 0 Å². The van der Waals surface area contributed by atoms with Crippen LogP contribution in [0.2, 0.25) is 0 Å². The first-order valence-corrected chi connectivity index (χ1v) is 33.0. The van der Waals surface area contributed by atoms with E-state index in [-0.39, 0.29) is 16.2 Å². The molecule has 4 heterocycles. The molecular formula is C75H64S4. The van der Waals surface area contributed by atoms with E-state index in [1.54, 1.807) is 11.1 Å². The van der Waals surface area contributed by atoms with E-state index in [1.807, 2.05) is 45.3 Å². The Bertz CT molecular complexity index is 4670. The molecule has 0 N–H and O–H groups in total. The first-order chi connectivity index (χ1) is 38.7. The van der Waals surface area contributed by atoms with E-state index in [1.165, 1.54) is 211 Å². The average Bonchev–Trinajstić information content (AvgIpc) is 2.24. The third-order valence-corrected chi connectivity index (χ3v) is 26.2. The highest BCUT2D eigenvalue weighted by molar-refractivity contribution is 7.31. The molecule has 79 heavy (non-hydrogen) atoms. The lowest BCUT2D eigenvalue weighted by atomic mass is 9.32. The summed E-state index contributed by atoms with van der Waals surface area (Å²) >= 11 is 7.84. The standard InChI is InChI=1S/C75H64S4/c1-7-44(8-2)73-31-13-33-74(34-14-32-73,45(9-3)10-4)75(73)60-35-41(5)19-21-46(60)47-22-20-43(37-61(47)75)62-38-67-68(77-62)40-64(79-67)49-24-26-55-59-30-29-58-54-25-23-48(63-39-66-65(78-63)36-42(6)76-66)50-15-11-17-52(69(50)54)56-27-28-57(72(59)71(56)58)53-18-12-16-51(49)70(53)55/h11-12,15-30,35-40,44-45H,7-10,13-14,31-34H2,1-6H3. The fourth-order valence-electron chi connectivity index (χ4n) is 18.9. The number of aryl methyl sites for hydroxylation is 2. The van der Waals surface area contributed by atoms with Crippen LogP contribution in [0.4, 0.5) is 0 Å². The number of thiophene rings is 4. The fourth-order valence-corrected chi connectivity index (χ4v) is 23.7. The minimum atomic E-state index is 0.0191. The molecule has 0 saturated heterocycles. The summed E-state index contributed by atoms with van der Waals surface area (Å²) in [5.41, 5.74) is 12.5. The van der Waals surface area contributed by atoms with E-state index in [0.717, 1.165) is 0 Å². The van der Waals surface area contributed by atoms with Crippen molar-refractivity contribution in [1.29, 1.82) is 0 Å². The molecule has 10 aromatic carbocycles. The molecule has 17 rings (SSSR count). The number of hydrogen-bond donors (Lipinski definition) is 0. The molecular weight excluding hydrogens is 1030 g/mol. The van der Waals surface area contributed by atoms with E-state index in [4.69, 9.17) is 0 Å². The Balaban J connectivity index is 0.796. The summed E-state index contributed by atoms with van der Waals surface area (Å²) in [4.78, 5) is 5.52. The van der Waals surface area contributed by atoms with E-state index in [0.29, 0.717) is 11.8 Å². The Morgan fingerprint density at radius 3 is 1.27 bits per heavy atom. The second kappa shape index (κ2) is 17.0. The molecule has 4 heteroatoms. The minimum absolute atomic E-state index is 0.0191. The Morgan fingerprint density at radius 1 is 0.367 bits per heavy atom. The van der Waals surface area contributed by atoms with Gasteiger partial charge in [0.05, 0.1) is 0 Å². The maximum atomic E-state index is 2.77. The summed E-state index contributed by atoms with van der Waals surface area (Å²) < 4.78 is 5.59. The predicted molar refractivity (Wildman–Crippen MR) is 351 cm³/mol. The smallest absolute Gasteiger partial charge is 0.0463 e. The molecule has 3 aliphatic rings. The van der Waals surface area contributed by atoms with Crippen LogP contribution in [0.1, 0.15) is 113 Å². The van der Waals surface area contributed by atoms with Crippen LogP contribution in [0.3, 0.4) is 0 Å². The van der Waals surface area contributed by atoms with Crippen molar-refractivity contribution in [3.63, 3.8) is 0 Å². The Morgan fingerprint density at radius 2 is 0.759 bits per heavy atom. The predicted octanol–water partition coefficient (Wildman–Crippen LogP) is 24.3. The molecule has 388 valence electrons. The van der Waals surface area contributed by atoms with Crippen LogP contribution < -0.4 is 0 Å². The summed E-state index contributed by atoms with van der Waals surface area (Å²) in [6, 6.07) is 58.9. The largest absolute Gasteiger partial charge is 0.140 e. The van der Waals surface area contributed by atoms with E-state index >= 15 is 0 Å². The highest BCUT2D eigenvalue weighted by Gasteiger charge is 2.72. The molecule has 2 saturated carbocycles. The van der Waals surface area contributed by atoms with Crippen molar-refractivity contribution < 1.29 is 0 Å².